The minimum absolute atomic E-state index is 0.183. The quantitative estimate of drug-likeness (QED) is 0.631. The lowest BCUT2D eigenvalue weighted by Crippen LogP contribution is -3.13. The number of thioether (sulfide) groups is 1. The lowest BCUT2D eigenvalue weighted by atomic mass is 10.2. The summed E-state index contributed by atoms with van der Waals surface area (Å²) in [5.74, 6) is -0.183. The molecule has 0 aliphatic carbocycles. The predicted molar refractivity (Wildman–Crippen MR) is 107 cm³/mol. The number of thiocarbonyl (C=S) groups is 1. The molecule has 6 heteroatoms. The van der Waals surface area contributed by atoms with Crippen LogP contribution in [-0.4, -0.2) is 36.0 Å². The molecule has 0 radical (unpaired) electrons. The molecule has 1 unspecified atom stereocenters. The Hall–Kier alpha value is -1.63. The standard InChI is InChI=1S/C19H22FN3S2/c1-25-18-5-2-4-17(12-18)21-19(24)23-11-3-10-22(14-23)13-15-6-8-16(20)9-7-15/h2,4-9,12H,3,10-11,13-14H2,1H3,(H,21,24)/p+1. The van der Waals surface area contributed by atoms with Gasteiger partial charge in [-0.05, 0) is 48.8 Å². The Kier molecular flexibility index (Phi) is 6.29. The van der Waals surface area contributed by atoms with Gasteiger partial charge in [-0.1, -0.05) is 18.2 Å². The van der Waals surface area contributed by atoms with Gasteiger partial charge < -0.3 is 15.1 Å². The summed E-state index contributed by atoms with van der Waals surface area (Å²) in [6.45, 7) is 3.84. The number of nitrogens with one attached hydrogen (secondary N) is 2. The van der Waals surface area contributed by atoms with Gasteiger partial charge >= 0.3 is 0 Å². The normalized spacial score (nSPS) is 17.4. The average Bonchev–Trinajstić information content (AvgIpc) is 2.64. The van der Waals surface area contributed by atoms with E-state index in [0.717, 1.165) is 49.1 Å². The van der Waals surface area contributed by atoms with Crippen molar-refractivity contribution < 1.29 is 9.29 Å². The van der Waals surface area contributed by atoms with Gasteiger partial charge in [-0.15, -0.1) is 11.8 Å². The van der Waals surface area contributed by atoms with Crippen molar-refractivity contribution >= 4 is 34.8 Å². The summed E-state index contributed by atoms with van der Waals surface area (Å²) in [5, 5.41) is 4.13. The second-order valence-electron chi connectivity index (χ2n) is 6.24. The van der Waals surface area contributed by atoms with Crippen molar-refractivity contribution in [3.63, 3.8) is 0 Å². The third-order valence-electron chi connectivity index (χ3n) is 4.35. The van der Waals surface area contributed by atoms with Crippen molar-refractivity contribution in [1.29, 1.82) is 0 Å². The van der Waals surface area contributed by atoms with Gasteiger partial charge in [0.25, 0.3) is 0 Å². The number of hydrogen-bond donors (Lipinski definition) is 2. The maximum atomic E-state index is 13.1. The zero-order valence-electron chi connectivity index (χ0n) is 14.3. The van der Waals surface area contributed by atoms with Crippen molar-refractivity contribution in [2.75, 3.05) is 31.3 Å². The predicted octanol–water partition coefficient (Wildman–Crippen LogP) is 2.99. The molecule has 1 saturated heterocycles. The molecule has 1 aliphatic heterocycles. The van der Waals surface area contributed by atoms with Crippen LogP contribution >= 0.6 is 24.0 Å². The molecule has 2 aromatic carbocycles. The fourth-order valence-corrected chi connectivity index (χ4v) is 3.79. The second-order valence-corrected chi connectivity index (χ2v) is 7.51. The van der Waals surface area contributed by atoms with Gasteiger partial charge in [0.05, 0.1) is 6.54 Å². The highest BCUT2D eigenvalue weighted by molar-refractivity contribution is 7.98. The minimum Gasteiger partial charge on any atom is -0.332 e. The molecule has 25 heavy (non-hydrogen) atoms. The number of rotatable bonds is 4. The van der Waals surface area contributed by atoms with E-state index in [0.29, 0.717) is 0 Å². The number of benzene rings is 2. The number of hydrogen-bond acceptors (Lipinski definition) is 2. The van der Waals surface area contributed by atoms with E-state index in [1.54, 1.807) is 11.8 Å². The van der Waals surface area contributed by atoms with Crippen molar-refractivity contribution in [3.05, 3.63) is 59.9 Å². The molecule has 1 heterocycles. The van der Waals surface area contributed by atoms with E-state index in [2.05, 4.69) is 28.6 Å². The zero-order chi connectivity index (χ0) is 17.6. The smallest absolute Gasteiger partial charge is 0.177 e. The van der Waals surface area contributed by atoms with Gasteiger partial charge in [-0.25, -0.2) is 4.39 Å². The van der Waals surface area contributed by atoms with Gasteiger partial charge in [-0.2, -0.15) is 0 Å². The van der Waals surface area contributed by atoms with Gasteiger partial charge in [0.2, 0.25) is 0 Å². The van der Waals surface area contributed by atoms with Gasteiger partial charge in [-0.3, -0.25) is 0 Å². The zero-order valence-corrected chi connectivity index (χ0v) is 15.9. The molecule has 1 atom stereocenters. The lowest BCUT2D eigenvalue weighted by Gasteiger charge is -2.34. The van der Waals surface area contributed by atoms with E-state index >= 15 is 0 Å². The number of nitrogens with zero attached hydrogens (tertiary/aromatic N) is 1. The van der Waals surface area contributed by atoms with E-state index in [9.17, 15) is 4.39 Å². The third kappa shape index (κ3) is 5.17. The molecule has 0 amide bonds. The molecule has 3 rings (SSSR count). The second kappa shape index (κ2) is 8.65. The van der Waals surface area contributed by atoms with E-state index in [-0.39, 0.29) is 5.82 Å². The minimum atomic E-state index is -0.183. The highest BCUT2D eigenvalue weighted by atomic mass is 32.2. The summed E-state index contributed by atoms with van der Waals surface area (Å²) in [6, 6.07) is 15.1. The van der Waals surface area contributed by atoms with Crippen LogP contribution in [0.5, 0.6) is 0 Å². The molecule has 1 fully saturated rings. The topological polar surface area (TPSA) is 19.7 Å². The molecule has 2 N–H and O–H groups in total. The first kappa shape index (κ1) is 18.2. The summed E-state index contributed by atoms with van der Waals surface area (Å²) < 4.78 is 13.1. The van der Waals surface area contributed by atoms with Crippen LogP contribution < -0.4 is 10.2 Å². The summed E-state index contributed by atoms with van der Waals surface area (Å²) in [5.41, 5.74) is 2.19. The maximum absolute atomic E-state index is 13.1. The van der Waals surface area contributed by atoms with E-state index < -0.39 is 0 Å². The molecule has 2 aromatic rings. The molecule has 3 nitrogen and oxygen atoms in total. The lowest BCUT2D eigenvalue weighted by molar-refractivity contribution is -0.927. The first-order valence-electron chi connectivity index (χ1n) is 8.42. The molecule has 0 bridgehead atoms. The molecular formula is C19H23FN3S2+. The van der Waals surface area contributed by atoms with E-state index in [4.69, 9.17) is 12.2 Å². The molecule has 0 saturated carbocycles. The Morgan fingerprint density at radius 3 is 2.84 bits per heavy atom. The van der Waals surface area contributed by atoms with Crippen LogP contribution in [0.1, 0.15) is 12.0 Å². The monoisotopic (exact) mass is 376 g/mol. The van der Waals surface area contributed by atoms with Gasteiger partial charge in [0.1, 0.15) is 12.4 Å². The van der Waals surface area contributed by atoms with Crippen molar-refractivity contribution in [2.45, 2.75) is 17.9 Å². The average molecular weight is 377 g/mol. The summed E-state index contributed by atoms with van der Waals surface area (Å²) in [6.07, 6.45) is 3.17. The number of halogens is 1. The summed E-state index contributed by atoms with van der Waals surface area (Å²) >= 11 is 7.34. The van der Waals surface area contributed by atoms with Crippen LogP contribution in [0.15, 0.2) is 53.4 Å². The number of quaternary nitrogens is 1. The first-order chi connectivity index (χ1) is 12.1. The molecule has 0 spiro atoms. The fourth-order valence-electron chi connectivity index (χ4n) is 3.06. The maximum Gasteiger partial charge on any atom is 0.177 e. The van der Waals surface area contributed by atoms with Crippen LogP contribution in [0.25, 0.3) is 0 Å². The molecule has 132 valence electrons. The Labute approximate surface area is 158 Å². The molecular weight excluding hydrogens is 353 g/mol. The molecule has 1 aliphatic rings. The van der Waals surface area contributed by atoms with Gasteiger partial charge in [0.15, 0.2) is 11.8 Å². The highest BCUT2D eigenvalue weighted by Crippen LogP contribution is 2.19. The Morgan fingerprint density at radius 2 is 2.08 bits per heavy atom. The summed E-state index contributed by atoms with van der Waals surface area (Å²) in [4.78, 5) is 4.89. The highest BCUT2D eigenvalue weighted by Gasteiger charge is 2.22. The Morgan fingerprint density at radius 1 is 1.28 bits per heavy atom. The van der Waals surface area contributed by atoms with Crippen LogP contribution in [0, 0.1) is 5.82 Å². The Bertz CT molecular complexity index is 721. The fraction of sp³-hybridized carbons (Fsp3) is 0.316. The van der Waals surface area contributed by atoms with Crippen molar-refractivity contribution in [2.24, 2.45) is 0 Å². The van der Waals surface area contributed by atoms with Crippen LogP contribution in [0.3, 0.4) is 0 Å². The summed E-state index contributed by atoms with van der Waals surface area (Å²) in [7, 11) is 0. The van der Waals surface area contributed by atoms with E-state index in [1.807, 2.05) is 24.3 Å². The van der Waals surface area contributed by atoms with E-state index in [1.165, 1.54) is 21.9 Å². The number of anilines is 1. The molecule has 0 aromatic heterocycles. The van der Waals surface area contributed by atoms with Crippen LogP contribution in [0.2, 0.25) is 0 Å². The van der Waals surface area contributed by atoms with Gasteiger partial charge in [0, 0.05) is 29.1 Å². The van der Waals surface area contributed by atoms with Crippen LogP contribution in [0.4, 0.5) is 10.1 Å². The SMILES string of the molecule is CSc1cccc(NC(=S)N2CCC[NH+](Cc3ccc(F)cc3)C2)c1. The van der Waals surface area contributed by atoms with Crippen LogP contribution in [-0.2, 0) is 6.54 Å². The first-order valence-corrected chi connectivity index (χ1v) is 10.1. The van der Waals surface area contributed by atoms with Crippen molar-refractivity contribution in [1.82, 2.24) is 4.90 Å². The largest absolute Gasteiger partial charge is 0.332 e. The van der Waals surface area contributed by atoms with Crippen molar-refractivity contribution in [3.8, 4) is 0 Å². The third-order valence-corrected chi connectivity index (χ3v) is 5.43. The Balaban J connectivity index is 1.58.